The standard InChI is InChI=1S/C28H35N5O3/c34-25-16-31(28(36)30-25)26-27(35)33(24-10-2-1-9-23(24)29-26)22-14-19-7-4-8-20(15-22)32(19)21-12-17-5-3-6-18(11-17)13-21/h1-2,9-10,17-22H,3-8,11-16H2,(H,30,34,36)/t17-,18+,19-,20+,21?,22?. The van der Waals surface area contributed by atoms with Gasteiger partial charge in [0, 0.05) is 24.2 Å². The molecule has 0 radical (unpaired) electrons. The van der Waals surface area contributed by atoms with E-state index in [4.69, 9.17) is 0 Å². The molecule has 3 amide bonds. The second-order valence-corrected chi connectivity index (χ2v) is 11.9. The van der Waals surface area contributed by atoms with Gasteiger partial charge >= 0.3 is 6.03 Å². The van der Waals surface area contributed by atoms with Crippen molar-refractivity contribution < 1.29 is 9.59 Å². The number of hydrogen-bond acceptors (Lipinski definition) is 5. The summed E-state index contributed by atoms with van der Waals surface area (Å²) in [4.78, 5) is 46.9. The molecule has 8 nitrogen and oxygen atoms in total. The van der Waals surface area contributed by atoms with Crippen molar-refractivity contribution in [3.8, 4) is 0 Å². The van der Waals surface area contributed by atoms with Crippen molar-refractivity contribution >= 4 is 28.8 Å². The summed E-state index contributed by atoms with van der Waals surface area (Å²) in [6.45, 7) is -0.160. The second-order valence-electron chi connectivity index (χ2n) is 11.9. The number of imide groups is 1. The van der Waals surface area contributed by atoms with Crippen LogP contribution in [0.25, 0.3) is 11.0 Å². The first-order valence-electron chi connectivity index (χ1n) is 13.9. The smallest absolute Gasteiger partial charge is 0.300 e. The van der Waals surface area contributed by atoms with E-state index in [1.165, 1.54) is 62.7 Å². The van der Waals surface area contributed by atoms with Gasteiger partial charge in [0.25, 0.3) is 5.56 Å². The van der Waals surface area contributed by atoms with Gasteiger partial charge < -0.3 is 4.57 Å². The van der Waals surface area contributed by atoms with Crippen molar-refractivity contribution in [1.82, 2.24) is 19.8 Å². The highest BCUT2D eigenvalue weighted by Gasteiger charge is 2.45. The number of anilines is 1. The topological polar surface area (TPSA) is 87.5 Å². The van der Waals surface area contributed by atoms with Crippen molar-refractivity contribution in [1.29, 1.82) is 0 Å². The van der Waals surface area contributed by atoms with E-state index in [1.54, 1.807) is 0 Å². The number of hydrogen-bond donors (Lipinski definition) is 1. The number of para-hydroxylation sites is 2. The maximum Gasteiger partial charge on any atom is 0.330 e. The molecule has 2 saturated carbocycles. The molecule has 36 heavy (non-hydrogen) atoms. The SMILES string of the molecule is O=C1CN(c2nc3ccccc3n(C3C[C@H]4CCC[C@@H](C3)N4C3C[C@H]4CCC[C@@H](C3)C4)c2=O)C(=O)N1. The molecule has 7 rings (SSSR count). The van der Waals surface area contributed by atoms with E-state index in [2.05, 4.69) is 15.2 Å². The zero-order chi connectivity index (χ0) is 24.4. The first-order chi connectivity index (χ1) is 17.5. The third kappa shape index (κ3) is 3.67. The van der Waals surface area contributed by atoms with E-state index in [-0.39, 0.29) is 24.0 Å². The zero-order valence-electron chi connectivity index (χ0n) is 20.8. The molecular weight excluding hydrogens is 454 g/mol. The van der Waals surface area contributed by atoms with Gasteiger partial charge in [-0.2, -0.15) is 0 Å². The molecule has 8 heteroatoms. The molecule has 5 fully saturated rings. The van der Waals surface area contributed by atoms with E-state index >= 15 is 0 Å². The number of aromatic nitrogens is 2. The maximum atomic E-state index is 13.9. The fraction of sp³-hybridized carbons (Fsp3) is 0.643. The van der Waals surface area contributed by atoms with Gasteiger partial charge in [-0.05, 0) is 68.9 Å². The lowest BCUT2D eigenvalue weighted by molar-refractivity contribution is -0.117. The molecular formula is C28H35N5O3. The maximum absolute atomic E-state index is 13.9. The Morgan fingerprint density at radius 2 is 1.47 bits per heavy atom. The fourth-order valence-electron chi connectivity index (χ4n) is 8.43. The number of nitrogens with zero attached hydrogens (tertiary/aromatic N) is 4. The van der Waals surface area contributed by atoms with Crippen LogP contribution in [0.4, 0.5) is 10.6 Å². The van der Waals surface area contributed by atoms with E-state index in [0.717, 1.165) is 30.2 Å². The molecule has 190 valence electrons. The molecule has 6 atom stereocenters. The number of piperidine rings is 2. The van der Waals surface area contributed by atoms with Crippen LogP contribution < -0.4 is 15.8 Å². The largest absolute Gasteiger partial charge is 0.330 e. The zero-order valence-corrected chi connectivity index (χ0v) is 20.8. The summed E-state index contributed by atoms with van der Waals surface area (Å²) >= 11 is 0. The summed E-state index contributed by atoms with van der Waals surface area (Å²) in [6, 6.07) is 8.92. The molecule has 4 bridgehead atoms. The molecule has 2 unspecified atom stereocenters. The Bertz CT molecular complexity index is 1250. The van der Waals surface area contributed by atoms with Gasteiger partial charge in [0.2, 0.25) is 11.7 Å². The van der Waals surface area contributed by atoms with Crippen LogP contribution in [0.1, 0.15) is 76.7 Å². The number of amides is 3. The Hall–Kier alpha value is -2.74. The first kappa shape index (κ1) is 22.5. The van der Waals surface area contributed by atoms with Crippen molar-refractivity contribution in [2.24, 2.45) is 11.8 Å². The van der Waals surface area contributed by atoms with Crippen LogP contribution in [-0.2, 0) is 4.79 Å². The summed E-state index contributed by atoms with van der Waals surface area (Å²) in [5.41, 5.74) is 1.25. The summed E-state index contributed by atoms with van der Waals surface area (Å²) < 4.78 is 1.91. The van der Waals surface area contributed by atoms with E-state index in [1.807, 2.05) is 28.8 Å². The lowest BCUT2D eigenvalue weighted by Crippen LogP contribution is -2.58. The molecule has 3 aliphatic heterocycles. The van der Waals surface area contributed by atoms with E-state index in [9.17, 15) is 14.4 Å². The van der Waals surface area contributed by atoms with Crippen LogP contribution in [0.2, 0.25) is 0 Å². The summed E-state index contributed by atoms with van der Waals surface area (Å²) in [5.74, 6) is 1.47. The van der Waals surface area contributed by atoms with Crippen LogP contribution in [0, 0.1) is 11.8 Å². The minimum atomic E-state index is -0.569. The highest BCUT2D eigenvalue weighted by molar-refractivity contribution is 6.11. The monoisotopic (exact) mass is 489 g/mol. The lowest BCUT2D eigenvalue weighted by Gasteiger charge is -2.55. The van der Waals surface area contributed by atoms with Gasteiger partial charge in [0.05, 0.1) is 11.0 Å². The number of carbonyl (C=O) groups excluding carboxylic acids is 2. The van der Waals surface area contributed by atoms with Crippen molar-refractivity contribution in [3.63, 3.8) is 0 Å². The van der Waals surface area contributed by atoms with Crippen molar-refractivity contribution in [3.05, 3.63) is 34.6 Å². The van der Waals surface area contributed by atoms with Gasteiger partial charge in [-0.25, -0.2) is 9.78 Å². The number of fused-ring (bicyclic) bond motifs is 5. The molecule has 1 aromatic carbocycles. The number of carbonyl (C=O) groups is 2. The fourth-order valence-corrected chi connectivity index (χ4v) is 8.43. The highest BCUT2D eigenvalue weighted by Crippen LogP contribution is 2.47. The molecule has 5 aliphatic rings. The quantitative estimate of drug-likeness (QED) is 0.659. The third-order valence-electron chi connectivity index (χ3n) is 9.72. The lowest BCUT2D eigenvalue weighted by atomic mass is 9.68. The average Bonchev–Trinajstić information content (AvgIpc) is 3.20. The predicted octanol–water partition coefficient (Wildman–Crippen LogP) is 3.98. The van der Waals surface area contributed by atoms with Crippen LogP contribution >= 0.6 is 0 Å². The number of benzene rings is 1. The van der Waals surface area contributed by atoms with Gasteiger partial charge in [-0.15, -0.1) is 0 Å². The molecule has 1 aromatic heterocycles. The van der Waals surface area contributed by atoms with Gasteiger partial charge in [0.15, 0.2) is 0 Å². The second kappa shape index (κ2) is 8.68. The van der Waals surface area contributed by atoms with Gasteiger partial charge in [0.1, 0.15) is 6.54 Å². The van der Waals surface area contributed by atoms with Gasteiger partial charge in [-0.3, -0.25) is 24.7 Å². The van der Waals surface area contributed by atoms with E-state index in [0.29, 0.717) is 23.6 Å². The Morgan fingerprint density at radius 1 is 0.778 bits per heavy atom. The third-order valence-corrected chi connectivity index (χ3v) is 9.72. The normalized spacial score (nSPS) is 34.7. The van der Waals surface area contributed by atoms with Crippen LogP contribution in [0.5, 0.6) is 0 Å². The van der Waals surface area contributed by atoms with Crippen molar-refractivity contribution in [2.45, 2.75) is 94.8 Å². The summed E-state index contributed by atoms with van der Waals surface area (Å²) in [5, 5.41) is 2.28. The molecule has 1 N–H and O–H groups in total. The summed E-state index contributed by atoms with van der Waals surface area (Å²) in [6.07, 6.45) is 14.0. The van der Waals surface area contributed by atoms with Gasteiger partial charge in [-0.1, -0.05) is 37.8 Å². The number of nitrogens with one attached hydrogen (secondary N) is 1. The predicted molar refractivity (Wildman–Crippen MR) is 137 cm³/mol. The minimum Gasteiger partial charge on any atom is -0.300 e. The Balaban J connectivity index is 1.24. The summed E-state index contributed by atoms with van der Waals surface area (Å²) in [7, 11) is 0. The molecule has 0 spiro atoms. The Morgan fingerprint density at radius 3 is 2.17 bits per heavy atom. The average molecular weight is 490 g/mol. The van der Waals surface area contributed by atoms with Crippen molar-refractivity contribution in [2.75, 3.05) is 11.4 Å². The molecule has 4 heterocycles. The first-order valence-corrected chi connectivity index (χ1v) is 13.9. The minimum absolute atomic E-state index is 0.0599. The number of rotatable bonds is 3. The van der Waals surface area contributed by atoms with Crippen LogP contribution in [0.15, 0.2) is 29.1 Å². The van der Waals surface area contributed by atoms with E-state index < -0.39 is 11.9 Å². The molecule has 3 saturated heterocycles. The Labute approximate surface area is 211 Å². The van der Waals surface area contributed by atoms with Crippen LogP contribution in [-0.4, -0.2) is 51.1 Å². The number of urea groups is 1. The van der Waals surface area contributed by atoms with Crippen LogP contribution in [0.3, 0.4) is 0 Å². The highest BCUT2D eigenvalue weighted by atomic mass is 16.2. The Kier molecular flexibility index (Phi) is 5.42. The molecule has 2 aromatic rings. The molecule has 2 aliphatic carbocycles.